The molecule has 0 unspecified atom stereocenters. The zero-order valence-corrected chi connectivity index (χ0v) is 15.3. The molecular formula is C19H23NO3S. The van der Waals surface area contributed by atoms with Crippen molar-refractivity contribution in [3.63, 3.8) is 0 Å². The molecule has 4 nitrogen and oxygen atoms in total. The van der Waals surface area contributed by atoms with E-state index in [1.165, 1.54) is 18.4 Å². The van der Waals surface area contributed by atoms with Crippen LogP contribution in [-0.4, -0.2) is 19.0 Å². The summed E-state index contributed by atoms with van der Waals surface area (Å²) in [5.74, 6) is -0.540. The Balaban J connectivity index is 2.50. The first-order valence-electron chi connectivity index (χ1n) is 8.11. The van der Waals surface area contributed by atoms with Gasteiger partial charge in [0.05, 0.1) is 7.11 Å². The van der Waals surface area contributed by atoms with E-state index in [2.05, 4.69) is 5.32 Å². The number of carbonyl (C=O) groups is 2. The fourth-order valence-electron chi connectivity index (χ4n) is 2.76. The van der Waals surface area contributed by atoms with Gasteiger partial charge in [-0.3, -0.25) is 4.79 Å². The summed E-state index contributed by atoms with van der Waals surface area (Å²) in [7, 11) is 1.36. The third-order valence-corrected chi connectivity index (χ3v) is 5.15. The minimum absolute atomic E-state index is 0.0500. The van der Waals surface area contributed by atoms with Gasteiger partial charge in [0.2, 0.25) is 5.91 Å². The molecule has 2 rings (SSSR count). The molecule has 5 heteroatoms. The fraction of sp³-hybridized carbons (Fsp3) is 0.368. The molecule has 0 bridgehead atoms. The maximum Gasteiger partial charge on any atom is 0.341 e. The topological polar surface area (TPSA) is 55.4 Å². The fourth-order valence-corrected chi connectivity index (χ4v) is 3.82. The first-order chi connectivity index (χ1) is 11.5. The highest BCUT2D eigenvalue weighted by Gasteiger charge is 2.26. The number of ether oxygens (including phenoxy) is 1. The van der Waals surface area contributed by atoms with Crippen molar-refractivity contribution in [3.05, 3.63) is 40.8 Å². The van der Waals surface area contributed by atoms with Gasteiger partial charge in [-0.2, -0.15) is 0 Å². The lowest BCUT2D eigenvalue weighted by atomic mass is 10.0. The molecule has 1 heterocycles. The SMILES string of the molecule is CCC(CC)C(=O)Nc1sc(C)c(-c2ccccc2)c1C(=O)OC. The number of hydrogen-bond acceptors (Lipinski definition) is 4. The number of rotatable bonds is 6. The van der Waals surface area contributed by atoms with E-state index in [-0.39, 0.29) is 11.8 Å². The van der Waals surface area contributed by atoms with Gasteiger partial charge in [-0.1, -0.05) is 44.2 Å². The summed E-state index contributed by atoms with van der Waals surface area (Å²) in [5, 5.41) is 3.50. The van der Waals surface area contributed by atoms with Gasteiger partial charge >= 0.3 is 5.97 Å². The maximum atomic E-state index is 12.4. The first-order valence-corrected chi connectivity index (χ1v) is 8.93. The van der Waals surface area contributed by atoms with Gasteiger partial charge < -0.3 is 10.1 Å². The largest absolute Gasteiger partial charge is 0.465 e. The van der Waals surface area contributed by atoms with Crippen LogP contribution in [0.3, 0.4) is 0 Å². The van der Waals surface area contributed by atoms with Crippen molar-refractivity contribution in [2.45, 2.75) is 33.6 Å². The van der Waals surface area contributed by atoms with Gasteiger partial charge in [0.15, 0.2) is 0 Å². The van der Waals surface area contributed by atoms with Gasteiger partial charge in [0.1, 0.15) is 10.6 Å². The highest BCUT2D eigenvalue weighted by Crippen LogP contribution is 2.40. The van der Waals surface area contributed by atoms with Crippen LogP contribution < -0.4 is 5.32 Å². The highest BCUT2D eigenvalue weighted by molar-refractivity contribution is 7.17. The lowest BCUT2D eigenvalue weighted by Crippen LogP contribution is -2.22. The number of amides is 1. The van der Waals surface area contributed by atoms with Crippen LogP contribution in [0.1, 0.15) is 41.9 Å². The molecule has 0 aliphatic rings. The van der Waals surface area contributed by atoms with Crippen LogP contribution in [0.15, 0.2) is 30.3 Å². The van der Waals surface area contributed by atoms with Crippen molar-refractivity contribution in [3.8, 4) is 11.1 Å². The van der Waals surface area contributed by atoms with Crippen LogP contribution in [0.5, 0.6) is 0 Å². The van der Waals surface area contributed by atoms with Gasteiger partial charge in [-0.25, -0.2) is 4.79 Å². The van der Waals surface area contributed by atoms with Gasteiger partial charge in [0, 0.05) is 16.4 Å². The zero-order valence-electron chi connectivity index (χ0n) is 14.5. The second kappa shape index (κ2) is 8.11. The molecule has 0 spiro atoms. The average molecular weight is 345 g/mol. The van der Waals surface area contributed by atoms with Crippen molar-refractivity contribution in [1.82, 2.24) is 0 Å². The Morgan fingerprint density at radius 1 is 1.17 bits per heavy atom. The lowest BCUT2D eigenvalue weighted by molar-refractivity contribution is -0.120. The molecule has 1 N–H and O–H groups in total. The number of nitrogens with one attached hydrogen (secondary N) is 1. The Morgan fingerprint density at radius 3 is 2.33 bits per heavy atom. The summed E-state index contributed by atoms with van der Waals surface area (Å²) in [6.07, 6.45) is 1.54. The number of methoxy groups -OCH3 is 1. The number of hydrogen-bond donors (Lipinski definition) is 1. The predicted octanol–water partition coefficient (Wildman–Crippen LogP) is 4.88. The molecule has 0 aliphatic carbocycles. The molecule has 0 radical (unpaired) electrons. The summed E-state index contributed by atoms with van der Waals surface area (Å²) in [4.78, 5) is 25.8. The molecule has 24 heavy (non-hydrogen) atoms. The Bertz CT molecular complexity index is 718. The number of aryl methyl sites for hydroxylation is 1. The monoisotopic (exact) mass is 345 g/mol. The third kappa shape index (κ3) is 3.67. The predicted molar refractivity (Wildman–Crippen MR) is 98.5 cm³/mol. The van der Waals surface area contributed by atoms with Crippen molar-refractivity contribution in [2.24, 2.45) is 5.92 Å². The Morgan fingerprint density at radius 2 is 1.79 bits per heavy atom. The Hall–Kier alpha value is -2.14. The second-order valence-electron chi connectivity index (χ2n) is 5.60. The zero-order chi connectivity index (χ0) is 17.7. The lowest BCUT2D eigenvalue weighted by Gasteiger charge is -2.13. The van der Waals surface area contributed by atoms with E-state index < -0.39 is 5.97 Å². The molecule has 0 atom stereocenters. The van der Waals surface area contributed by atoms with Gasteiger partial charge in [-0.05, 0) is 25.3 Å². The van der Waals surface area contributed by atoms with E-state index in [9.17, 15) is 9.59 Å². The highest BCUT2D eigenvalue weighted by atomic mass is 32.1. The maximum absolute atomic E-state index is 12.4. The van der Waals surface area contributed by atoms with Crippen LogP contribution in [0.2, 0.25) is 0 Å². The number of carbonyl (C=O) groups excluding carboxylic acids is 2. The molecular weight excluding hydrogens is 322 g/mol. The van der Waals surface area contributed by atoms with E-state index in [4.69, 9.17) is 4.74 Å². The molecule has 0 aliphatic heterocycles. The van der Waals surface area contributed by atoms with Crippen LogP contribution >= 0.6 is 11.3 Å². The van der Waals surface area contributed by atoms with E-state index in [0.29, 0.717) is 10.6 Å². The van der Waals surface area contributed by atoms with Crippen molar-refractivity contribution < 1.29 is 14.3 Å². The molecule has 2 aromatic rings. The summed E-state index contributed by atoms with van der Waals surface area (Å²) in [6.45, 7) is 5.93. The minimum atomic E-state index is -0.432. The molecule has 1 amide bonds. The molecule has 0 fully saturated rings. The van der Waals surface area contributed by atoms with Crippen molar-refractivity contribution >= 4 is 28.2 Å². The van der Waals surface area contributed by atoms with Crippen LogP contribution in [0, 0.1) is 12.8 Å². The minimum Gasteiger partial charge on any atom is -0.465 e. The van der Waals surface area contributed by atoms with E-state index in [1.807, 2.05) is 51.1 Å². The van der Waals surface area contributed by atoms with E-state index in [1.54, 1.807) is 0 Å². The summed E-state index contributed by atoms with van der Waals surface area (Å²) in [6, 6.07) is 9.69. The molecule has 1 aromatic carbocycles. The normalized spacial score (nSPS) is 10.7. The van der Waals surface area contributed by atoms with Gasteiger partial charge in [-0.15, -0.1) is 11.3 Å². The van der Waals surface area contributed by atoms with Crippen LogP contribution in [-0.2, 0) is 9.53 Å². The van der Waals surface area contributed by atoms with E-state index in [0.717, 1.165) is 28.8 Å². The molecule has 1 aromatic heterocycles. The van der Waals surface area contributed by atoms with Crippen molar-refractivity contribution in [2.75, 3.05) is 12.4 Å². The Labute approximate surface area is 146 Å². The van der Waals surface area contributed by atoms with Crippen molar-refractivity contribution in [1.29, 1.82) is 0 Å². The average Bonchev–Trinajstić information content (AvgIpc) is 2.91. The third-order valence-electron chi connectivity index (χ3n) is 4.13. The molecule has 0 saturated carbocycles. The molecule has 128 valence electrons. The second-order valence-corrected chi connectivity index (χ2v) is 6.82. The van der Waals surface area contributed by atoms with Crippen LogP contribution in [0.25, 0.3) is 11.1 Å². The van der Waals surface area contributed by atoms with E-state index >= 15 is 0 Å². The van der Waals surface area contributed by atoms with Crippen LogP contribution in [0.4, 0.5) is 5.00 Å². The number of benzene rings is 1. The summed E-state index contributed by atoms with van der Waals surface area (Å²) >= 11 is 1.41. The smallest absolute Gasteiger partial charge is 0.341 e. The number of anilines is 1. The first kappa shape index (κ1) is 18.2. The summed E-state index contributed by atoms with van der Waals surface area (Å²) in [5.41, 5.74) is 2.20. The molecule has 0 saturated heterocycles. The Kier molecular flexibility index (Phi) is 6.15. The summed E-state index contributed by atoms with van der Waals surface area (Å²) < 4.78 is 4.96. The number of esters is 1. The quantitative estimate of drug-likeness (QED) is 0.759. The number of thiophene rings is 1. The van der Waals surface area contributed by atoms with Gasteiger partial charge in [0.25, 0.3) is 0 Å². The standard InChI is InChI=1S/C19H23NO3S/c1-5-13(6-2)17(21)20-18-16(19(22)23-4)15(12(3)24-18)14-10-8-7-9-11-14/h7-11,13H,5-6H2,1-4H3,(H,20,21).